The van der Waals surface area contributed by atoms with Crippen molar-refractivity contribution >= 4 is 29.9 Å². The Kier molecular flexibility index (Phi) is 11.2. The molecule has 0 radical (unpaired) electrons. The van der Waals surface area contributed by atoms with Crippen molar-refractivity contribution in [2.75, 3.05) is 32.9 Å². The lowest BCUT2D eigenvalue weighted by Crippen LogP contribution is -2.38. The molecule has 0 aromatic heterocycles. The van der Waals surface area contributed by atoms with Crippen molar-refractivity contribution in [3.05, 3.63) is 0 Å². The Hall–Kier alpha value is -0.120. The highest BCUT2D eigenvalue weighted by Gasteiger charge is 2.42. The van der Waals surface area contributed by atoms with E-state index in [9.17, 15) is 0 Å². The summed E-state index contributed by atoms with van der Waals surface area (Å²) in [6.45, 7) is 5.69. The third kappa shape index (κ3) is 7.84. The molecular formula is C17H34IN3O3. The van der Waals surface area contributed by atoms with Crippen LogP contribution in [0.4, 0.5) is 0 Å². The summed E-state index contributed by atoms with van der Waals surface area (Å²) in [6, 6.07) is 0. The average Bonchev–Trinajstić information content (AvgIpc) is 2.95. The summed E-state index contributed by atoms with van der Waals surface area (Å²) >= 11 is 0. The SMILES string of the molecule is CCCCCCCCNC(N)=NCC1COC2(CCOCC2)O1.I. The molecule has 7 heteroatoms. The lowest BCUT2D eigenvalue weighted by molar-refractivity contribution is -0.210. The number of unbranched alkanes of at least 4 members (excludes halogenated alkanes) is 5. The Labute approximate surface area is 163 Å². The second-order valence-electron chi connectivity index (χ2n) is 6.49. The molecule has 2 rings (SSSR count). The van der Waals surface area contributed by atoms with Crippen molar-refractivity contribution in [2.24, 2.45) is 10.7 Å². The molecule has 2 heterocycles. The molecule has 1 atom stereocenters. The van der Waals surface area contributed by atoms with Crippen LogP contribution in [0, 0.1) is 0 Å². The predicted molar refractivity (Wildman–Crippen MR) is 107 cm³/mol. The van der Waals surface area contributed by atoms with Crippen LogP contribution >= 0.6 is 24.0 Å². The molecule has 2 aliphatic rings. The van der Waals surface area contributed by atoms with Crippen molar-refractivity contribution in [1.29, 1.82) is 0 Å². The van der Waals surface area contributed by atoms with Gasteiger partial charge >= 0.3 is 0 Å². The monoisotopic (exact) mass is 455 g/mol. The first-order valence-electron chi connectivity index (χ1n) is 9.17. The summed E-state index contributed by atoms with van der Waals surface area (Å²) in [5.41, 5.74) is 5.91. The van der Waals surface area contributed by atoms with E-state index in [0.29, 0.717) is 32.3 Å². The van der Waals surface area contributed by atoms with Gasteiger partial charge < -0.3 is 25.3 Å². The van der Waals surface area contributed by atoms with Gasteiger partial charge in [-0.15, -0.1) is 24.0 Å². The molecule has 2 saturated heterocycles. The first-order chi connectivity index (χ1) is 11.2. The molecule has 3 N–H and O–H groups in total. The van der Waals surface area contributed by atoms with Gasteiger partial charge in [0.15, 0.2) is 11.7 Å². The molecule has 2 aliphatic heterocycles. The first-order valence-corrected chi connectivity index (χ1v) is 9.17. The number of rotatable bonds is 9. The molecule has 6 nitrogen and oxygen atoms in total. The van der Waals surface area contributed by atoms with Crippen molar-refractivity contribution < 1.29 is 14.2 Å². The van der Waals surface area contributed by atoms with E-state index in [2.05, 4.69) is 17.2 Å². The van der Waals surface area contributed by atoms with E-state index in [-0.39, 0.29) is 30.1 Å². The van der Waals surface area contributed by atoms with Crippen LogP contribution in [-0.2, 0) is 14.2 Å². The van der Waals surface area contributed by atoms with Crippen molar-refractivity contribution in [3.8, 4) is 0 Å². The van der Waals surface area contributed by atoms with Gasteiger partial charge in [-0.2, -0.15) is 0 Å². The third-order valence-electron chi connectivity index (χ3n) is 4.47. The largest absolute Gasteiger partial charge is 0.381 e. The molecule has 0 bridgehead atoms. The van der Waals surface area contributed by atoms with Gasteiger partial charge in [-0.3, -0.25) is 4.99 Å². The first kappa shape index (κ1) is 21.9. The van der Waals surface area contributed by atoms with E-state index in [0.717, 1.165) is 25.8 Å². The fraction of sp³-hybridized carbons (Fsp3) is 0.941. The predicted octanol–water partition coefficient (Wildman–Crippen LogP) is 2.79. The zero-order valence-corrected chi connectivity index (χ0v) is 17.3. The smallest absolute Gasteiger partial charge is 0.188 e. The number of ether oxygens (including phenoxy) is 3. The van der Waals surface area contributed by atoms with Gasteiger partial charge in [0.1, 0.15) is 6.10 Å². The van der Waals surface area contributed by atoms with E-state index in [1.165, 1.54) is 32.1 Å². The number of aliphatic imine (C=N–C) groups is 1. The van der Waals surface area contributed by atoms with Gasteiger partial charge in [-0.1, -0.05) is 39.0 Å². The van der Waals surface area contributed by atoms with Gasteiger partial charge in [-0.25, -0.2) is 0 Å². The summed E-state index contributed by atoms with van der Waals surface area (Å²) in [7, 11) is 0. The molecule has 0 aromatic rings. The molecule has 0 amide bonds. The highest BCUT2D eigenvalue weighted by atomic mass is 127. The van der Waals surface area contributed by atoms with Crippen LogP contribution in [0.15, 0.2) is 4.99 Å². The van der Waals surface area contributed by atoms with E-state index >= 15 is 0 Å². The lowest BCUT2D eigenvalue weighted by Gasteiger charge is -2.31. The van der Waals surface area contributed by atoms with E-state index in [1.807, 2.05) is 0 Å². The second-order valence-corrected chi connectivity index (χ2v) is 6.49. The maximum Gasteiger partial charge on any atom is 0.188 e. The zero-order chi connectivity index (χ0) is 16.4. The normalized spacial score (nSPS) is 23.2. The number of nitrogens with one attached hydrogen (secondary N) is 1. The minimum atomic E-state index is -0.431. The number of hydrogen-bond acceptors (Lipinski definition) is 4. The van der Waals surface area contributed by atoms with Gasteiger partial charge in [0.05, 0.1) is 26.4 Å². The summed E-state index contributed by atoms with van der Waals surface area (Å²) < 4.78 is 17.2. The van der Waals surface area contributed by atoms with Crippen LogP contribution in [0.2, 0.25) is 0 Å². The number of hydrogen-bond donors (Lipinski definition) is 2. The van der Waals surface area contributed by atoms with Crippen molar-refractivity contribution in [1.82, 2.24) is 5.32 Å². The van der Waals surface area contributed by atoms with Gasteiger partial charge in [0.25, 0.3) is 0 Å². The Morgan fingerprint density at radius 2 is 1.88 bits per heavy atom. The van der Waals surface area contributed by atoms with E-state index in [1.54, 1.807) is 0 Å². The fourth-order valence-corrected chi connectivity index (χ4v) is 3.03. The van der Waals surface area contributed by atoms with E-state index < -0.39 is 5.79 Å². The molecule has 2 fully saturated rings. The van der Waals surface area contributed by atoms with Crippen LogP contribution in [0.25, 0.3) is 0 Å². The van der Waals surface area contributed by atoms with Crippen molar-refractivity contribution in [2.45, 2.75) is 70.2 Å². The van der Waals surface area contributed by atoms with E-state index in [4.69, 9.17) is 19.9 Å². The Morgan fingerprint density at radius 3 is 2.62 bits per heavy atom. The average molecular weight is 455 g/mol. The zero-order valence-electron chi connectivity index (χ0n) is 14.9. The van der Waals surface area contributed by atoms with Crippen molar-refractivity contribution in [3.63, 3.8) is 0 Å². The van der Waals surface area contributed by atoms with Crippen LogP contribution in [-0.4, -0.2) is 50.8 Å². The third-order valence-corrected chi connectivity index (χ3v) is 4.47. The maximum absolute atomic E-state index is 6.03. The second kappa shape index (κ2) is 12.3. The molecule has 0 aliphatic carbocycles. The van der Waals surface area contributed by atoms with Gasteiger partial charge in [0.2, 0.25) is 0 Å². The Balaban J connectivity index is 0.00000288. The highest BCUT2D eigenvalue weighted by molar-refractivity contribution is 14.0. The van der Waals surface area contributed by atoms with Crippen LogP contribution in [0.3, 0.4) is 0 Å². The number of nitrogens with two attached hydrogens (primary N) is 1. The lowest BCUT2D eigenvalue weighted by atomic mass is 10.1. The molecule has 1 unspecified atom stereocenters. The summed E-state index contributed by atoms with van der Waals surface area (Å²) in [6.07, 6.45) is 9.29. The molecule has 142 valence electrons. The minimum absolute atomic E-state index is 0. The molecule has 0 saturated carbocycles. The van der Waals surface area contributed by atoms with Crippen LogP contribution in [0.1, 0.15) is 58.3 Å². The summed E-state index contributed by atoms with van der Waals surface area (Å²) in [5, 5.41) is 3.18. The topological polar surface area (TPSA) is 78.1 Å². The maximum atomic E-state index is 6.03. The standard InChI is InChI=1S/C17H33N3O3.HI/c1-2-3-4-5-6-7-10-19-16(18)20-13-15-14-22-17(23-15)8-11-21-12-9-17;/h15H,2-14H2,1H3,(H3,18,19,20);1H. The van der Waals surface area contributed by atoms with Gasteiger partial charge in [0, 0.05) is 19.4 Å². The Morgan fingerprint density at radius 1 is 1.17 bits per heavy atom. The Bertz CT molecular complexity index is 363. The molecular weight excluding hydrogens is 421 g/mol. The molecule has 0 aromatic carbocycles. The fourth-order valence-electron chi connectivity index (χ4n) is 3.03. The summed E-state index contributed by atoms with van der Waals surface area (Å²) in [5.74, 6) is 0.0779. The summed E-state index contributed by atoms with van der Waals surface area (Å²) in [4.78, 5) is 4.38. The van der Waals surface area contributed by atoms with Crippen LogP contribution in [0.5, 0.6) is 0 Å². The minimum Gasteiger partial charge on any atom is -0.381 e. The number of guanidine groups is 1. The number of nitrogens with zero attached hydrogens (tertiary/aromatic N) is 1. The number of halogens is 1. The quantitative estimate of drug-likeness (QED) is 0.242. The highest BCUT2D eigenvalue weighted by Crippen LogP contribution is 2.33. The molecule has 24 heavy (non-hydrogen) atoms. The molecule has 1 spiro atoms. The van der Waals surface area contributed by atoms with Crippen LogP contribution < -0.4 is 11.1 Å². The van der Waals surface area contributed by atoms with Gasteiger partial charge in [-0.05, 0) is 6.42 Å².